The Hall–Kier alpha value is -3.81. The van der Waals surface area contributed by atoms with Crippen molar-refractivity contribution in [2.45, 2.75) is 58.8 Å². The van der Waals surface area contributed by atoms with E-state index < -0.39 is 11.6 Å². The highest BCUT2D eigenvalue weighted by atomic mass is 35.5. The molecule has 1 N–H and O–H groups in total. The Kier molecular flexibility index (Phi) is 7.64. The van der Waals surface area contributed by atoms with Gasteiger partial charge in [0.25, 0.3) is 5.56 Å². The lowest BCUT2D eigenvalue weighted by atomic mass is 9.99. The van der Waals surface area contributed by atoms with Crippen molar-refractivity contribution in [1.29, 1.82) is 0 Å². The number of aryl methyl sites for hydroxylation is 1. The molecule has 5 aromatic rings. The molecule has 1 atom stereocenters. The maximum atomic E-state index is 13.8. The van der Waals surface area contributed by atoms with Gasteiger partial charge < -0.3 is 4.98 Å². The van der Waals surface area contributed by atoms with Crippen LogP contribution >= 0.6 is 11.6 Å². The molecule has 0 aliphatic carbocycles. The minimum absolute atomic E-state index is 0.158. The molecule has 0 unspecified atom stereocenters. The van der Waals surface area contributed by atoms with Gasteiger partial charge in [-0.2, -0.15) is 0 Å². The Bertz CT molecular complexity index is 1620. The van der Waals surface area contributed by atoms with Crippen molar-refractivity contribution < 1.29 is 0 Å². The molecule has 0 radical (unpaired) electrons. The third-order valence-electron chi connectivity index (χ3n) is 6.91. The van der Waals surface area contributed by atoms with Gasteiger partial charge in [-0.3, -0.25) is 9.69 Å². The van der Waals surface area contributed by atoms with Crippen LogP contribution < -0.4 is 5.56 Å². The van der Waals surface area contributed by atoms with Gasteiger partial charge in [-0.25, -0.2) is 4.68 Å². The Morgan fingerprint density at radius 3 is 2.26 bits per heavy atom. The molecule has 5 rings (SSSR count). The highest BCUT2D eigenvalue weighted by Gasteiger charge is 2.33. The second-order valence-corrected chi connectivity index (χ2v) is 11.3. The molecule has 8 heteroatoms. The summed E-state index contributed by atoms with van der Waals surface area (Å²) >= 11 is 6.20. The molecule has 2 aromatic heterocycles. The molecule has 200 valence electrons. The summed E-state index contributed by atoms with van der Waals surface area (Å²) in [5, 5.41) is 14.6. The number of pyridine rings is 1. The van der Waals surface area contributed by atoms with Crippen LogP contribution in [-0.4, -0.2) is 30.1 Å². The van der Waals surface area contributed by atoms with Gasteiger partial charge >= 0.3 is 0 Å². The monoisotopic (exact) mass is 540 g/mol. The number of rotatable bonds is 8. The molecule has 7 nitrogen and oxygen atoms in total. The maximum absolute atomic E-state index is 13.8. The van der Waals surface area contributed by atoms with Crippen LogP contribution in [0.5, 0.6) is 0 Å². The number of nitrogens with zero attached hydrogens (tertiary/aromatic N) is 5. The van der Waals surface area contributed by atoms with Crippen molar-refractivity contribution in [3.05, 3.63) is 122 Å². The predicted octanol–water partition coefficient (Wildman–Crippen LogP) is 6.28. The molecule has 0 saturated heterocycles. The average molecular weight is 541 g/mol. The minimum Gasteiger partial charge on any atom is -0.322 e. The first-order valence-electron chi connectivity index (χ1n) is 13.2. The lowest BCUT2D eigenvalue weighted by Crippen LogP contribution is -2.37. The Balaban J connectivity index is 1.73. The molecule has 39 heavy (non-hydrogen) atoms. The fraction of sp³-hybridized carbons (Fsp3) is 0.290. The number of benzene rings is 3. The second kappa shape index (κ2) is 11.1. The van der Waals surface area contributed by atoms with Crippen molar-refractivity contribution in [2.24, 2.45) is 0 Å². The van der Waals surface area contributed by atoms with E-state index in [-0.39, 0.29) is 5.56 Å². The summed E-state index contributed by atoms with van der Waals surface area (Å²) < 4.78 is 1.82. The summed E-state index contributed by atoms with van der Waals surface area (Å²) in [7, 11) is 0. The van der Waals surface area contributed by atoms with Crippen molar-refractivity contribution >= 4 is 22.5 Å². The fourth-order valence-electron chi connectivity index (χ4n) is 4.92. The van der Waals surface area contributed by atoms with Crippen LogP contribution in [0.15, 0.2) is 83.7 Å². The quantitative estimate of drug-likeness (QED) is 0.250. The third kappa shape index (κ3) is 5.95. The first-order valence-corrected chi connectivity index (χ1v) is 13.6. The third-order valence-corrected chi connectivity index (χ3v) is 7.16. The number of halogens is 1. The van der Waals surface area contributed by atoms with Crippen molar-refractivity contribution in [3.63, 3.8) is 0 Å². The first kappa shape index (κ1) is 26.8. The number of nitrogens with one attached hydrogen (secondary N) is 1. The Morgan fingerprint density at radius 2 is 1.59 bits per heavy atom. The number of aromatic amines is 1. The van der Waals surface area contributed by atoms with Crippen LogP contribution in [0.4, 0.5) is 0 Å². The van der Waals surface area contributed by atoms with E-state index in [1.165, 1.54) is 5.56 Å². The van der Waals surface area contributed by atoms with E-state index in [0.29, 0.717) is 29.5 Å². The van der Waals surface area contributed by atoms with Gasteiger partial charge in [0.05, 0.1) is 5.54 Å². The molecule has 0 bridgehead atoms. The summed E-state index contributed by atoms with van der Waals surface area (Å²) in [6, 6.07) is 25.7. The van der Waals surface area contributed by atoms with Crippen molar-refractivity contribution in [3.8, 4) is 0 Å². The van der Waals surface area contributed by atoms with Crippen LogP contribution in [0.1, 0.15) is 61.8 Å². The zero-order valence-corrected chi connectivity index (χ0v) is 23.5. The molecule has 0 saturated carbocycles. The van der Waals surface area contributed by atoms with E-state index >= 15 is 0 Å². The molecule has 3 aromatic carbocycles. The van der Waals surface area contributed by atoms with Crippen LogP contribution in [-0.2, 0) is 25.0 Å². The SMILES string of the molecule is CCc1ccc2[nH]c(=O)c([C@H](c3nnnn3C(C)(C)C)N(Cc3ccccc3)Cc3ccc(Cl)cc3)cc2c1. The number of aromatic nitrogens is 5. The summed E-state index contributed by atoms with van der Waals surface area (Å²) in [5.74, 6) is 0.615. The van der Waals surface area contributed by atoms with E-state index in [2.05, 4.69) is 77.4 Å². The summed E-state index contributed by atoms with van der Waals surface area (Å²) in [4.78, 5) is 19.1. The molecule has 0 aliphatic heterocycles. The second-order valence-electron chi connectivity index (χ2n) is 10.9. The molecular formula is C31H33ClN6O. The minimum atomic E-state index is -0.520. The Morgan fingerprint density at radius 1 is 0.923 bits per heavy atom. The zero-order valence-electron chi connectivity index (χ0n) is 22.7. The van der Waals surface area contributed by atoms with Gasteiger partial charge in [-0.05, 0) is 90.0 Å². The highest BCUT2D eigenvalue weighted by molar-refractivity contribution is 6.30. The normalized spacial score (nSPS) is 12.8. The van der Waals surface area contributed by atoms with Crippen LogP contribution in [0.3, 0.4) is 0 Å². The largest absolute Gasteiger partial charge is 0.322 e. The van der Waals surface area contributed by atoms with Gasteiger partial charge in [-0.1, -0.05) is 67.1 Å². The molecular weight excluding hydrogens is 508 g/mol. The molecule has 0 amide bonds. The van der Waals surface area contributed by atoms with Crippen molar-refractivity contribution in [2.75, 3.05) is 0 Å². The first-order chi connectivity index (χ1) is 18.7. The molecule has 0 fully saturated rings. The summed E-state index contributed by atoms with van der Waals surface area (Å²) in [6.07, 6.45) is 0.910. The van der Waals surface area contributed by atoms with E-state index in [1.54, 1.807) is 0 Å². The van der Waals surface area contributed by atoms with E-state index in [0.717, 1.165) is 28.5 Å². The van der Waals surface area contributed by atoms with Crippen LogP contribution in [0.2, 0.25) is 5.02 Å². The lowest BCUT2D eigenvalue weighted by Gasteiger charge is -2.33. The van der Waals surface area contributed by atoms with Gasteiger partial charge in [0, 0.05) is 29.2 Å². The molecule has 2 heterocycles. The fourth-order valence-corrected chi connectivity index (χ4v) is 5.04. The van der Waals surface area contributed by atoms with Gasteiger partial charge in [0.15, 0.2) is 5.82 Å². The number of fused-ring (bicyclic) bond motifs is 1. The Labute approximate surface area is 233 Å². The summed E-state index contributed by atoms with van der Waals surface area (Å²) in [6.45, 7) is 9.44. The number of H-pyrrole nitrogens is 1. The van der Waals surface area contributed by atoms with Gasteiger partial charge in [-0.15, -0.1) is 5.10 Å². The average Bonchev–Trinajstić information content (AvgIpc) is 3.41. The van der Waals surface area contributed by atoms with Crippen molar-refractivity contribution in [1.82, 2.24) is 30.1 Å². The topological polar surface area (TPSA) is 79.7 Å². The van der Waals surface area contributed by atoms with Crippen LogP contribution in [0.25, 0.3) is 10.9 Å². The highest BCUT2D eigenvalue weighted by Crippen LogP contribution is 2.32. The van der Waals surface area contributed by atoms with Gasteiger partial charge in [0.2, 0.25) is 0 Å². The zero-order chi connectivity index (χ0) is 27.6. The molecule has 0 spiro atoms. The van der Waals surface area contributed by atoms with Crippen LogP contribution in [0, 0.1) is 0 Å². The predicted molar refractivity (Wildman–Crippen MR) is 156 cm³/mol. The number of hydrogen-bond donors (Lipinski definition) is 1. The lowest BCUT2D eigenvalue weighted by molar-refractivity contribution is 0.184. The molecule has 0 aliphatic rings. The van der Waals surface area contributed by atoms with E-state index in [9.17, 15) is 4.79 Å². The van der Waals surface area contributed by atoms with E-state index in [4.69, 9.17) is 11.6 Å². The van der Waals surface area contributed by atoms with E-state index in [1.807, 2.05) is 59.3 Å². The number of hydrogen-bond acceptors (Lipinski definition) is 5. The number of tetrazole rings is 1. The standard InChI is InChI=1S/C31H33ClN6O/c1-5-21-13-16-27-24(17-21)18-26(30(39)33-27)28(29-34-35-36-38(29)31(2,3)4)37(19-22-9-7-6-8-10-22)20-23-11-14-25(32)15-12-23/h6-18,28H,5,19-20H2,1-4H3,(H,33,39)/t28-/m1/s1. The maximum Gasteiger partial charge on any atom is 0.253 e. The summed E-state index contributed by atoms with van der Waals surface area (Å²) in [5.41, 5.74) is 4.25. The smallest absolute Gasteiger partial charge is 0.253 e. The van der Waals surface area contributed by atoms with Gasteiger partial charge in [0.1, 0.15) is 6.04 Å².